The van der Waals surface area contributed by atoms with E-state index in [0.717, 1.165) is 21.5 Å². The molecule has 0 saturated heterocycles. The molecule has 0 bridgehead atoms. The molecule has 0 radical (unpaired) electrons. The van der Waals surface area contributed by atoms with Gasteiger partial charge in [-0.25, -0.2) is 0 Å². The minimum absolute atomic E-state index is 0.0974. The van der Waals surface area contributed by atoms with Crippen molar-refractivity contribution in [3.63, 3.8) is 0 Å². The predicted octanol–water partition coefficient (Wildman–Crippen LogP) is 4.47. The lowest BCUT2D eigenvalue weighted by Gasteiger charge is -2.20. The van der Waals surface area contributed by atoms with Crippen LogP contribution in [-0.2, 0) is 0 Å². The van der Waals surface area contributed by atoms with Crippen molar-refractivity contribution in [2.45, 2.75) is 0 Å². The van der Waals surface area contributed by atoms with E-state index >= 15 is 0 Å². The average molecular weight is 324 g/mol. The molecule has 0 aromatic heterocycles. The van der Waals surface area contributed by atoms with Crippen LogP contribution in [0.1, 0.15) is 31.8 Å². The number of hydrogen-bond donors (Lipinski definition) is 1. The number of aromatic hydroxyl groups is 1. The van der Waals surface area contributed by atoms with Gasteiger partial charge in [0.2, 0.25) is 0 Å². The number of benzene rings is 4. The second kappa shape index (κ2) is 4.77. The van der Waals surface area contributed by atoms with Crippen LogP contribution in [0.15, 0.2) is 66.7 Å². The highest BCUT2D eigenvalue weighted by atomic mass is 16.3. The van der Waals surface area contributed by atoms with Crippen molar-refractivity contribution < 1.29 is 14.7 Å². The van der Waals surface area contributed by atoms with Crippen LogP contribution in [0.25, 0.3) is 21.5 Å². The van der Waals surface area contributed by atoms with E-state index in [0.29, 0.717) is 11.1 Å². The lowest BCUT2D eigenvalue weighted by atomic mass is 9.80. The topological polar surface area (TPSA) is 54.4 Å². The average Bonchev–Trinajstić information content (AvgIpc) is 2.65. The second-order valence-electron chi connectivity index (χ2n) is 6.23. The van der Waals surface area contributed by atoms with Gasteiger partial charge in [0.15, 0.2) is 11.6 Å². The van der Waals surface area contributed by atoms with Gasteiger partial charge in [0.05, 0.1) is 5.56 Å². The molecule has 118 valence electrons. The molecule has 0 aliphatic heterocycles. The third kappa shape index (κ3) is 1.75. The van der Waals surface area contributed by atoms with Gasteiger partial charge in [0, 0.05) is 16.7 Å². The quantitative estimate of drug-likeness (QED) is 0.427. The summed E-state index contributed by atoms with van der Waals surface area (Å²) < 4.78 is 0. The zero-order valence-corrected chi connectivity index (χ0v) is 13.1. The molecule has 3 nitrogen and oxygen atoms in total. The minimum Gasteiger partial charge on any atom is -0.507 e. The lowest BCUT2D eigenvalue weighted by molar-refractivity contribution is 0.0978. The molecule has 1 aliphatic carbocycles. The van der Waals surface area contributed by atoms with Crippen LogP contribution in [0.2, 0.25) is 0 Å². The van der Waals surface area contributed by atoms with E-state index in [4.69, 9.17) is 0 Å². The lowest BCUT2D eigenvalue weighted by Crippen LogP contribution is -2.21. The fourth-order valence-electron chi connectivity index (χ4n) is 3.76. The summed E-state index contributed by atoms with van der Waals surface area (Å²) in [5, 5.41) is 13.9. The highest BCUT2D eigenvalue weighted by molar-refractivity contribution is 6.33. The SMILES string of the molecule is O=C1c2ccc3c(ccc4ccccc43)c2C(=O)c2cccc(O)c21. The van der Waals surface area contributed by atoms with E-state index in [-0.39, 0.29) is 28.4 Å². The number of phenolic OH excluding ortho intramolecular Hbond substituents is 1. The molecule has 0 fully saturated rings. The summed E-state index contributed by atoms with van der Waals surface area (Å²) in [5.74, 6) is -0.681. The number of carbonyl (C=O) groups is 2. The molecule has 0 saturated carbocycles. The summed E-state index contributed by atoms with van der Waals surface area (Å²) in [4.78, 5) is 26.0. The van der Waals surface area contributed by atoms with Crippen LogP contribution >= 0.6 is 0 Å². The summed E-state index contributed by atoms with van der Waals surface area (Å²) in [6.45, 7) is 0. The Labute approximate surface area is 143 Å². The van der Waals surface area contributed by atoms with Crippen molar-refractivity contribution in [1.82, 2.24) is 0 Å². The molecule has 0 atom stereocenters. The molecule has 0 spiro atoms. The number of rotatable bonds is 0. The third-order valence-electron chi connectivity index (χ3n) is 4.91. The van der Waals surface area contributed by atoms with E-state index in [2.05, 4.69) is 0 Å². The molecule has 4 aromatic rings. The summed E-state index contributed by atoms with van der Waals surface area (Å²) >= 11 is 0. The van der Waals surface area contributed by atoms with Crippen LogP contribution in [0.5, 0.6) is 5.75 Å². The van der Waals surface area contributed by atoms with Gasteiger partial charge in [-0.2, -0.15) is 0 Å². The number of hydrogen-bond acceptors (Lipinski definition) is 3. The molecule has 5 rings (SSSR count). The van der Waals surface area contributed by atoms with E-state index in [1.807, 2.05) is 42.5 Å². The molecule has 1 N–H and O–H groups in total. The van der Waals surface area contributed by atoms with E-state index < -0.39 is 0 Å². The maximum Gasteiger partial charge on any atom is 0.198 e. The van der Waals surface area contributed by atoms with Crippen LogP contribution in [-0.4, -0.2) is 16.7 Å². The summed E-state index contributed by atoms with van der Waals surface area (Å²) in [7, 11) is 0. The Hall–Kier alpha value is -3.46. The first-order valence-corrected chi connectivity index (χ1v) is 8.02. The van der Waals surface area contributed by atoms with Gasteiger partial charge in [-0.15, -0.1) is 0 Å². The summed E-state index contributed by atoms with van der Waals surface area (Å²) in [6, 6.07) is 20.0. The first-order valence-electron chi connectivity index (χ1n) is 8.02. The maximum atomic E-state index is 13.1. The van der Waals surface area contributed by atoms with Gasteiger partial charge >= 0.3 is 0 Å². The molecule has 1 aliphatic rings. The maximum absolute atomic E-state index is 13.1. The number of ketones is 2. The first kappa shape index (κ1) is 13.9. The predicted molar refractivity (Wildman–Crippen MR) is 96.4 cm³/mol. The Bertz CT molecular complexity index is 1230. The van der Waals surface area contributed by atoms with Crippen molar-refractivity contribution >= 4 is 33.1 Å². The Morgan fingerprint density at radius 3 is 2.16 bits per heavy atom. The molecule has 0 amide bonds. The van der Waals surface area contributed by atoms with Crippen LogP contribution in [0.3, 0.4) is 0 Å². The highest BCUT2D eigenvalue weighted by Gasteiger charge is 2.33. The van der Waals surface area contributed by atoms with Crippen molar-refractivity contribution in [3.05, 3.63) is 89.0 Å². The fourth-order valence-corrected chi connectivity index (χ4v) is 3.76. The number of phenols is 1. The zero-order valence-electron chi connectivity index (χ0n) is 13.1. The molecule has 3 heteroatoms. The van der Waals surface area contributed by atoms with Crippen LogP contribution in [0, 0.1) is 0 Å². The summed E-state index contributed by atoms with van der Waals surface area (Å²) in [6.07, 6.45) is 0. The highest BCUT2D eigenvalue weighted by Crippen LogP contribution is 2.37. The largest absolute Gasteiger partial charge is 0.507 e. The monoisotopic (exact) mass is 324 g/mol. The smallest absolute Gasteiger partial charge is 0.198 e. The molecular formula is C22H12O3. The first-order chi connectivity index (χ1) is 12.2. The van der Waals surface area contributed by atoms with Crippen LogP contribution in [0.4, 0.5) is 0 Å². The van der Waals surface area contributed by atoms with Crippen molar-refractivity contribution in [2.75, 3.05) is 0 Å². The standard InChI is InChI=1S/C22H12O3/c23-18-7-3-6-16-20(18)22(25)17-11-10-14-13-5-2-1-4-12(13)8-9-15(14)19(17)21(16)24/h1-11,23H. The van der Waals surface area contributed by atoms with Crippen molar-refractivity contribution in [1.29, 1.82) is 0 Å². The van der Waals surface area contributed by atoms with Gasteiger partial charge < -0.3 is 5.11 Å². The molecular weight excluding hydrogens is 312 g/mol. The molecule has 0 heterocycles. The van der Waals surface area contributed by atoms with Gasteiger partial charge in [-0.1, -0.05) is 54.6 Å². The summed E-state index contributed by atoms with van der Waals surface area (Å²) in [5.41, 5.74) is 1.13. The van der Waals surface area contributed by atoms with Gasteiger partial charge in [0.1, 0.15) is 5.75 Å². The molecule has 25 heavy (non-hydrogen) atoms. The Kier molecular flexibility index (Phi) is 2.66. The van der Waals surface area contributed by atoms with Crippen LogP contribution < -0.4 is 0 Å². The van der Waals surface area contributed by atoms with E-state index in [1.165, 1.54) is 6.07 Å². The van der Waals surface area contributed by atoms with Gasteiger partial charge in [0.25, 0.3) is 0 Å². The third-order valence-corrected chi connectivity index (χ3v) is 4.91. The van der Waals surface area contributed by atoms with E-state index in [1.54, 1.807) is 18.2 Å². The molecule has 4 aromatic carbocycles. The Balaban J connectivity index is 1.92. The minimum atomic E-state index is -0.308. The Morgan fingerprint density at radius 1 is 0.560 bits per heavy atom. The zero-order chi connectivity index (χ0) is 17.1. The van der Waals surface area contributed by atoms with E-state index in [9.17, 15) is 14.7 Å². The number of carbonyl (C=O) groups excluding carboxylic acids is 2. The second-order valence-corrected chi connectivity index (χ2v) is 6.23. The fraction of sp³-hybridized carbons (Fsp3) is 0. The van der Waals surface area contributed by atoms with Crippen molar-refractivity contribution in [3.8, 4) is 5.75 Å². The Morgan fingerprint density at radius 2 is 1.28 bits per heavy atom. The number of fused-ring (bicyclic) bond motifs is 6. The molecule has 0 unspecified atom stereocenters. The van der Waals surface area contributed by atoms with Gasteiger partial charge in [-0.3, -0.25) is 9.59 Å². The van der Waals surface area contributed by atoms with Gasteiger partial charge in [-0.05, 0) is 33.7 Å². The normalized spacial score (nSPS) is 13.1. The van der Waals surface area contributed by atoms with Crippen molar-refractivity contribution in [2.24, 2.45) is 0 Å².